The standard InChI is InChI=1S/C15H24N2O3/c1-10(2)8-11(16)9-17-15(18)14-12(19-3)6-5-7-13(14)20-4/h5-7,10-11H,8-9,16H2,1-4H3,(H,17,18). The highest BCUT2D eigenvalue weighted by Gasteiger charge is 2.18. The van der Waals surface area contributed by atoms with Crippen molar-refractivity contribution in [2.75, 3.05) is 20.8 Å². The van der Waals surface area contributed by atoms with Crippen LogP contribution in [-0.2, 0) is 0 Å². The highest BCUT2D eigenvalue weighted by molar-refractivity contribution is 5.99. The highest BCUT2D eigenvalue weighted by atomic mass is 16.5. The molecule has 3 N–H and O–H groups in total. The van der Waals surface area contributed by atoms with Gasteiger partial charge in [-0.25, -0.2) is 0 Å². The molecular weight excluding hydrogens is 256 g/mol. The predicted octanol–water partition coefficient (Wildman–Crippen LogP) is 1.81. The van der Waals surface area contributed by atoms with E-state index in [0.29, 0.717) is 29.5 Å². The second-order valence-corrected chi connectivity index (χ2v) is 5.14. The summed E-state index contributed by atoms with van der Waals surface area (Å²) in [5.41, 5.74) is 6.36. The molecule has 5 heteroatoms. The molecule has 1 aromatic carbocycles. The zero-order valence-electron chi connectivity index (χ0n) is 12.6. The molecule has 0 saturated carbocycles. The first kappa shape index (κ1) is 16.3. The fourth-order valence-electron chi connectivity index (χ4n) is 2.08. The maximum Gasteiger partial charge on any atom is 0.258 e. The van der Waals surface area contributed by atoms with E-state index in [4.69, 9.17) is 15.2 Å². The van der Waals surface area contributed by atoms with Crippen molar-refractivity contribution in [2.24, 2.45) is 11.7 Å². The molecule has 112 valence electrons. The highest BCUT2D eigenvalue weighted by Crippen LogP contribution is 2.27. The molecule has 5 nitrogen and oxygen atoms in total. The van der Waals surface area contributed by atoms with Crippen molar-refractivity contribution in [3.05, 3.63) is 23.8 Å². The maximum absolute atomic E-state index is 12.3. The lowest BCUT2D eigenvalue weighted by Gasteiger charge is -2.16. The molecule has 1 amide bonds. The van der Waals surface area contributed by atoms with Crippen LogP contribution in [0.4, 0.5) is 0 Å². The van der Waals surface area contributed by atoms with Crippen molar-refractivity contribution in [1.82, 2.24) is 5.32 Å². The number of amides is 1. The Bertz CT molecular complexity index is 424. The first-order valence-corrected chi connectivity index (χ1v) is 6.74. The van der Waals surface area contributed by atoms with E-state index in [9.17, 15) is 4.79 Å². The second kappa shape index (κ2) is 7.75. The summed E-state index contributed by atoms with van der Waals surface area (Å²) in [5.74, 6) is 1.24. The number of hydrogen-bond acceptors (Lipinski definition) is 4. The van der Waals surface area contributed by atoms with Crippen LogP contribution < -0.4 is 20.5 Å². The number of ether oxygens (including phenoxy) is 2. The SMILES string of the molecule is COc1cccc(OC)c1C(=O)NCC(N)CC(C)C. The van der Waals surface area contributed by atoms with Gasteiger partial charge < -0.3 is 20.5 Å². The van der Waals surface area contributed by atoms with Gasteiger partial charge in [0.15, 0.2) is 0 Å². The monoisotopic (exact) mass is 280 g/mol. The minimum absolute atomic E-state index is 0.0559. The lowest BCUT2D eigenvalue weighted by Crippen LogP contribution is -2.38. The van der Waals surface area contributed by atoms with E-state index in [0.717, 1.165) is 6.42 Å². The fourth-order valence-corrected chi connectivity index (χ4v) is 2.08. The fraction of sp³-hybridized carbons (Fsp3) is 0.533. The molecule has 0 spiro atoms. The van der Waals surface area contributed by atoms with Crippen LogP contribution in [0.1, 0.15) is 30.6 Å². The summed E-state index contributed by atoms with van der Waals surface area (Å²) in [4.78, 5) is 12.3. The number of methoxy groups -OCH3 is 2. The van der Waals surface area contributed by atoms with E-state index < -0.39 is 0 Å². The van der Waals surface area contributed by atoms with Crippen molar-refractivity contribution in [2.45, 2.75) is 26.3 Å². The Kier molecular flexibility index (Phi) is 6.31. The van der Waals surface area contributed by atoms with Crippen LogP contribution in [0.2, 0.25) is 0 Å². The van der Waals surface area contributed by atoms with Crippen LogP contribution >= 0.6 is 0 Å². The van der Waals surface area contributed by atoms with E-state index >= 15 is 0 Å². The van der Waals surface area contributed by atoms with Crippen LogP contribution in [0, 0.1) is 5.92 Å². The number of benzene rings is 1. The number of hydrogen-bond donors (Lipinski definition) is 2. The Morgan fingerprint density at radius 2 is 1.80 bits per heavy atom. The van der Waals surface area contributed by atoms with Crippen molar-refractivity contribution < 1.29 is 14.3 Å². The summed E-state index contributed by atoms with van der Waals surface area (Å²) in [7, 11) is 3.05. The maximum atomic E-state index is 12.3. The van der Waals surface area contributed by atoms with Gasteiger partial charge in [-0.15, -0.1) is 0 Å². The third-order valence-corrected chi connectivity index (χ3v) is 2.95. The van der Waals surface area contributed by atoms with Gasteiger partial charge in [0.1, 0.15) is 17.1 Å². The van der Waals surface area contributed by atoms with Gasteiger partial charge in [-0.2, -0.15) is 0 Å². The number of nitrogens with one attached hydrogen (secondary N) is 1. The zero-order chi connectivity index (χ0) is 15.1. The molecule has 0 aliphatic carbocycles. The summed E-state index contributed by atoms with van der Waals surface area (Å²) in [6, 6.07) is 5.18. The van der Waals surface area contributed by atoms with Crippen LogP contribution in [0.3, 0.4) is 0 Å². The van der Waals surface area contributed by atoms with Crippen LogP contribution in [0.15, 0.2) is 18.2 Å². The van der Waals surface area contributed by atoms with Gasteiger partial charge in [-0.1, -0.05) is 19.9 Å². The van der Waals surface area contributed by atoms with Crippen LogP contribution in [0.25, 0.3) is 0 Å². The Balaban J connectivity index is 2.77. The minimum atomic E-state index is -0.237. The summed E-state index contributed by atoms with van der Waals surface area (Å²) in [6.07, 6.45) is 0.864. The molecule has 0 aliphatic rings. The molecule has 1 rings (SSSR count). The van der Waals surface area contributed by atoms with Gasteiger partial charge in [0.25, 0.3) is 5.91 Å². The van der Waals surface area contributed by atoms with Crippen molar-refractivity contribution in [3.63, 3.8) is 0 Å². The van der Waals surface area contributed by atoms with Crippen molar-refractivity contribution in [1.29, 1.82) is 0 Å². The Labute approximate surface area is 120 Å². The average molecular weight is 280 g/mol. The molecule has 0 bridgehead atoms. The quantitative estimate of drug-likeness (QED) is 0.799. The van der Waals surface area contributed by atoms with Gasteiger partial charge >= 0.3 is 0 Å². The van der Waals surface area contributed by atoms with Gasteiger partial charge in [-0.3, -0.25) is 4.79 Å². The molecule has 0 fully saturated rings. The normalized spacial score (nSPS) is 12.1. The summed E-state index contributed by atoms with van der Waals surface area (Å²) < 4.78 is 10.4. The smallest absolute Gasteiger partial charge is 0.258 e. The Morgan fingerprint density at radius 1 is 1.25 bits per heavy atom. The van der Waals surface area contributed by atoms with Gasteiger partial charge in [0, 0.05) is 12.6 Å². The van der Waals surface area contributed by atoms with Gasteiger partial charge in [0.2, 0.25) is 0 Å². The molecule has 1 atom stereocenters. The Hall–Kier alpha value is -1.75. The minimum Gasteiger partial charge on any atom is -0.496 e. The second-order valence-electron chi connectivity index (χ2n) is 5.14. The first-order chi connectivity index (χ1) is 9.49. The average Bonchev–Trinajstić information content (AvgIpc) is 2.42. The Morgan fingerprint density at radius 3 is 2.25 bits per heavy atom. The number of nitrogens with two attached hydrogens (primary N) is 1. The number of carbonyl (C=O) groups is 1. The molecule has 20 heavy (non-hydrogen) atoms. The zero-order valence-corrected chi connectivity index (χ0v) is 12.6. The molecule has 0 saturated heterocycles. The topological polar surface area (TPSA) is 73.6 Å². The predicted molar refractivity (Wildman–Crippen MR) is 79.3 cm³/mol. The van der Waals surface area contributed by atoms with Crippen LogP contribution in [0.5, 0.6) is 11.5 Å². The third kappa shape index (κ3) is 4.42. The van der Waals surface area contributed by atoms with Crippen molar-refractivity contribution in [3.8, 4) is 11.5 Å². The largest absolute Gasteiger partial charge is 0.496 e. The molecule has 1 aromatic rings. The molecule has 1 unspecified atom stereocenters. The van der Waals surface area contributed by atoms with Crippen LogP contribution in [-0.4, -0.2) is 32.7 Å². The van der Waals surface area contributed by atoms with E-state index in [2.05, 4.69) is 19.2 Å². The molecular formula is C15H24N2O3. The number of rotatable bonds is 7. The van der Waals surface area contributed by atoms with E-state index in [-0.39, 0.29) is 11.9 Å². The lowest BCUT2D eigenvalue weighted by atomic mass is 10.0. The molecule has 0 aliphatic heterocycles. The molecule has 0 aromatic heterocycles. The number of carbonyl (C=O) groups excluding carboxylic acids is 1. The van der Waals surface area contributed by atoms with Gasteiger partial charge in [0.05, 0.1) is 14.2 Å². The van der Waals surface area contributed by atoms with E-state index in [1.54, 1.807) is 18.2 Å². The van der Waals surface area contributed by atoms with E-state index in [1.807, 2.05) is 0 Å². The lowest BCUT2D eigenvalue weighted by molar-refractivity contribution is 0.0944. The summed E-state index contributed by atoms with van der Waals surface area (Å²) >= 11 is 0. The summed E-state index contributed by atoms with van der Waals surface area (Å²) in [5, 5.41) is 2.83. The molecule has 0 radical (unpaired) electrons. The third-order valence-electron chi connectivity index (χ3n) is 2.95. The van der Waals surface area contributed by atoms with Gasteiger partial charge in [-0.05, 0) is 24.5 Å². The van der Waals surface area contributed by atoms with Crippen molar-refractivity contribution >= 4 is 5.91 Å². The summed E-state index contributed by atoms with van der Waals surface area (Å²) in [6.45, 7) is 4.63. The molecule has 0 heterocycles. The van der Waals surface area contributed by atoms with E-state index in [1.165, 1.54) is 14.2 Å². The first-order valence-electron chi connectivity index (χ1n) is 6.74.